The molecule has 1 heterocycles. The fourth-order valence-corrected chi connectivity index (χ4v) is 2.45. The standard InChI is InChI=1S/C16H17N3O3/c1-21-11-5-10(6-12(8-11)22-2)15(17)9-3-4-13-14(7-9)19-16(20)18-13/h3-8,15H,17H2,1-2H3,(H2,18,19,20). The lowest BCUT2D eigenvalue weighted by Gasteiger charge is -2.15. The highest BCUT2D eigenvalue weighted by atomic mass is 16.5. The van der Waals surface area contributed by atoms with E-state index in [1.54, 1.807) is 20.3 Å². The lowest BCUT2D eigenvalue weighted by molar-refractivity contribution is 0.393. The van der Waals surface area contributed by atoms with Gasteiger partial charge in [-0.1, -0.05) is 6.07 Å². The van der Waals surface area contributed by atoms with Crippen LogP contribution in [0.1, 0.15) is 17.2 Å². The first-order valence-electron chi connectivity index (χ1n) is 6.81. The number of fused-ring (bicyclic) bond motifs is 1. The third-order valence-corrected chi connectivity index (χ3v) is 3.63. The van der Waals surface area contributed by atoms with Crippen molar-refractivity contribution < 1.29 is 9.47 Å². The Morgan fingerprint density at radius 1 is 0.909 bits per heavy atom. The van der Waals surface area contributed by atoms with Crippen LogP contribution in [0.2, 0.25) is 0 Å². The van der Waals surface area contributed by atoms with Crippen LogP contribution in [0.15, 0.2) is 41.2 Å². The van der Waals surface area contributed by atoms with Crippen molar-refractivity contribution in [1.82, 2.24) is 9.97 Å². The van der Waals surface area contributed by atoms with E-state index in [0.717, 1.165) is 22.2 Å². The van der Waals surface area contributed by atoms with Crippen LogP contribution >= 0.6 is 0 Å². The van der Waals surface area contributed by atoms with Gasteiger partial charge >= 0.3 is 5.69 Å². The summed E-state index contributed by atoms with van der Waals surface area (Å²) >= 11 is 0. The van der Waals surface area contributed by atoms with Gasteiger partial charge < -0.3 is 25.2 Å². The Kier molecular flexibility index (Phi) is 3.60. The zero-order valence-electron chi connectivity index (χ0n) is 12.3. The van der Waals surface area contributed by atoms with Crippen LogP contribution in [0.4, 0.5) is 0 Å². The van der Waals surface area contributed by atoms with Crippen LogP contribution in [0.25, 0.3) is 11.0 Å². The van der Waals surface area contributed by atoms with Crippen molar-refractivity contribution in [1.29, 1.82) is 0 Å². The first kappa shape index (κ1) is 14.2. The molecule has 0 fully saturated rings. The molecule has 4 N–H and O–H groups in total. The van der Waals surface area contributed by atoms with Crippen LogP contribution in [0.3, 0.4) is 0 Å². The second-order valence-corrected chi connectivity index (χ2v) is 5.01. The maximum absolute atomic E-state index is 11.3. The van der Waals surface area contributed by atoms with E-state index in [4.69, 9.17) is 15.2 Å². The molecule has 1 atom stereocenters. The highest BCUT2D eigenvalue weighted by Gasteiger charge is 2.13. The van der Waals surface area contributed by atoms with Gasteiger partial charge in [-0.25, -0.2) is 4.79 Å². The molecule has 2 aromatic carbocycles. The molecule has 22 heavy (non-hydrogen) atoms. The summed E-state index contributed by atoms with van der Waals surface area (Å²) in [5, 5.41) is 0. The average molecular weight is 299 g/mol. The van der Waals surface area contributed by atoms with Crippen molar-refractivity contribution in [3.05, 3.63) is 58.0 Å². The predicted octanol–water partition coefficient (Wildman–Crippen LogP) is 1.92. The Labute approximate surface area is 126 Å². The third-order valence-electron chi connectivity index (χ3n) is 3.63. The molecule has 0 saturated carbocycles. The highest BCUT2D eigenvalue weighted by Crippen LogP contribution is 2.29. The van der Waals surface area contributed by atoms with Gasteiger partial charge in [0.15, 0.2) is 0 Å². The molecule has 114 valence electrons. The second kappa shape index (κ2) is 5.57. The zero-order chi connectivity index (χ0) is 15.7. The summed E-state index contributed by atoms with van der Waals surface area (Å²) in [6, 6.07) is 10.8. The number of methoxy groups -OCH3 is 2. The molecule has 1 unspecified atom stereocenters. The van der Waals surface area contributed by atoms with Gasteiger partial charge in [0.2, 0.25) is 0 Å². The maximum atomic E-state index is 11.3. The van der Waals surface area contributed by atoms with Crippen molar-refractivity contribution >= 4 is 11.0 Å². The lowest BCUT2D eigenvalue weighted by atomic mass is 9.98. The van der Waals surface area contributed by atoms with E-state index in [1.807, 2.05) is 30.3 Å². The number of H-pyrrole nitrogens is 2. The molecule has 1 aromatic heterocycles. The van der Waals surface area contributed by atoms with Gasteiger partial charge in [0.25, 0.3) is 0 Å². The molecule has 3 rings (SSSR count). The van der Waals surface area contributed by atoms with Crippen LogP contribution in [-0.4, -0.2) is 24.2 Å². The molecular weight excluding hydrogens is 282 g/mol. The molecule has 0 spiro atoms. The number of imidazole rings is 1. The van der Waals surface area contributed by atoms with Crippen molar-refractivity contribution in [2.75, 3.05) is 14.2 Å². The van der Waals surface area contributed by atoms with Crippen LogP contribution in [0, 0.1) is 0 Å². The molecule has 6 heteroatoms. The Morgan fingerprint density at radius 3 is 2.18 bits per heavy atom. The Balaban J connectivity index is 2.04. The summed E-state index contributed by atoms with van der Waals surface area (Å²) in [6.07, 6.45) is 0. The van der Waals surface area contributed by atoms with Crippen molar-refractivity contribution in [3.8, 4) is 11.5 Å². The predicted molar refractivity (Wildman–Crippen MR) is 84.5 cm³/mol. The molecule has 0 aliphatic carbocycles. The summed E-state index contributed by atoms with van der Waals surface area (Å²) in [7, 11) is 3.20. The molecule has 0 radical (unpaired) electrons. The highest BCUT2D eigenvalue weighted by molar-refractivity contribution is 5.75. The van der Waals surface area contributed by atoms with Gasteiger partial charge in [-0.2, -0.15) is 0 Å². The summed E-state index contributed by atoms with van der Waals surface area (Å²) < 4.78 is 10.5. The fraction of sp³-hybridized carbons (Fsp3) is 0.188. The van der Waals surface area contributed by atoms with Gasteiger partial charge in [-0.15, -0.1) is 0 Å². The molecule has 3 aromatic rings. The number of aromatic nitrogens is 2. The van der Waals surface area contributed by atoms with Gasteiger partial charge in [0.05, 0.1) is 31.3 Å². The van der Waals surface area contributed by atoms with E-state index in [1.165, 1.54) is 0 Å². The largest absolute Gasteiger partial charge is 0.497 e. The molecule has 0 saturated heterocycles. The smallest absolute Gasteiger partial charge is 0.323 e. The van der Waals surface area contributed by atoms with E-state index in [2.05, 4.69) is 9.97 Å². The van der Waals surface area contributed by atoms with E-state index in [-0.39, 0.29) is 11.7 Å². The fourth-order valence-electron chi connectivity index (χ4n) is 2.45. The zero-order valence-corrected chi connectivity index (χ0v) is 12.3. The lowest BCUT2D eigenvalue weighted by Crippen LogP contribution is -2.12. The maximum Gasteiger partial charge on any atom is 0.323 e. The number of benzene rings is 2. The third kappa shape index (κ3) is 2.56. The minimum atomic E-state index is -0.355. The summed E-state index contributed by atoms with van der Waals surface area (Å²) in [4.78, 5) is 16.8. The van der Waals surface area contributed by atoms with Gasteiger partial charge in [-0.3, -0.25) is 0 Å². The van der Waals surface area contributed by atoms with Gasteiger partial charge in [0.1, 0.15) is 11.5 Å². The number of hydrogen-bond donors (Lipinski definition) is 3. The van der Waals surface area contributed by atoms with Gasteiger partial charge in [-0.05, 0) is 35.4 Å². The summed E-state index contributed by atoms with van der Waals surface area (Å²) in [6.45, 7) is 0. The molecule has 0 amide bonds. The Bertz CT molecular complexity index is 844. The van der Waals surface area contributed by atoms with Crippen molar-refractivity contribution in [3.63, 3.8) is 0 Å². The number of nitrogens with two attached hydrogens (primary N) is 1. The summed E-state index contributed by atoms with van der Waals surface area (Å²) in [5.41, 5.74) is 9.35. The molecule has 0 aliphatic rings. The van der Waals surface area contributed by atoms with Crippen LogP contribution in [0.5, 0.6) is 11.5 Å². The quantitative estimate of drug-likeness (QED) is 0.686. The van der Waals surface area contributed by atoms with Crippen molar-refractivity contribution in [2.24, 2.45) is 5.73 Å². The normalized spacial score (nSPS) is 12.3. The minimum absolute atomic E-state index is 0.233. The first-order valence-corrected chi connectivity index (χ1v) is 6.81. The monoisotopic (exact) mass is 299 g/mol. The minimum Gasteiger partial charge on any atom is -0.497 e. The second-order valence-electron chi connectivity index (χ2n) is 5.01. The van der Waals surface area contributed by atoms with Crippen LogP contribution in [-0.2, 0) is 0 Å². The number of nitrogens with one attached hydrogen (secondary N) is 2. The number of rotatable bonds is 4. The molecule has 6 nitrogen and oxygen atoms in total. The van der Waals surface area contributed by atoms with E-state index in [9.17, 15) is 4.79 Å². The first-order chi connectivity index (χ1) is 10.6. The van der Waals surface area contributed by atoms with Crippen LogP contribution < -0.4 is 20.9 Å². The number of hydrogen-bond acceptors (Lipinski definition) is 4. The molecule has 0 aliphatic heterocycles. The SMILES string of the molecule is COc1cc(OC)cc(C(N)c2ccc3[nH]c(=O)[nH]c3c2)c1. The van der Waals surface area contributed by atoms with Crippen molar-refractivity contribution in [2.45, 2.75) is 6.04 Å². The topological polar surface area (TPSA) is 93.1 Å². The Hall–Kier alpha value is -2.73. The number of ether oxygens (including phenoxy) is 2. The van der Waals surface area contributed by atoms with E-state index in [0.29, 0.717) is 11.5 Å². The number of aromatic amines is 2. The Morgan fingerprint density at radius 2 is 1.55 bits per heavy atom. The van der Waals surface area contributed by atoms with Gasteiger partial charge in [0, 0.05) is 6.07 Å². The molecule has 0 bridgehead atoms. The van der Waals surface area contributed by atoms with E-state index >= 15 is 0 Å². The molecular formula is C16H17N3O3. The summed E-state index contributed by atoms with van der Waals surface area (Å²) in [5.74, 6) is 1.36. The van der Waals surface area contributed by atoms with E-state index < -0.39 is 0 Å². The average Bonchev–Trinajstić information content (AvgIpc) is 2.92.